The first-order valence-corrected chi connectivity index (χ1v) is 7.59. The van der Waals surface area contributed by atoms with Crippen LogP contribution < -0.4 is 4.74 Å². The molecule has 118 valence electrons. The fourth-order valence-corrected chi connectivity index (χ4v) is 2.71. The Morgan fingerprint density at radius 2 is 1.78 bits per heavy atom. The smallest absolute Gasteiger partial charge is 0.120 e. The van der Waals surface area contributed by atoms with Gasteiger partial charge in [-0.1, -0.05) is 41.6 Å². The van der Waals surface area contributed by atoms with E-state index in [2.05, 4.69) is 17.3 Å². The molecule has 2 aromatic rings. The van der Waals surface area contributed by atoms with Gasteiger partial charge in [-0.15, -0.1) is 0 Å². The van der Waals surface area contributed by atoms with Crippen molar-refractivity contribution in [1.82, 2.24) is 0 Å². The molecule has 0 atom stereocenters. The Morgan fingerprint density at radius 3 is 2.57 bits per heavy atom. The Kier molecular flexibility index (Phi) is 4.74. The zero-order valence-corrected chi connectivity index (χ0v) is 13.0. The molecule has 0 spiro atoms. The Bertz CT molecular complexity index is 750. The summed E-state index contributed by atoms with van der Waals surface area (Å²) in [6, 6.07) is 14.2. The standard InChI is InChI=1S/C19H19NO3/c1-22-20-19-17-8-4-3-7-15(17)16-10-9-14(13-18(16)19)23-12-6-2-5-11-21/h2-4,6-10,13,21H,5,11-12H2,1H3/b6-2-,20-19+. The predicted molar refractivity (Wildman–Crippen MR) is 90.9 cm³/mol. The summed E-state index contributed by atoms with van der Waals surface area (Å²) < 4.78 is 5.74. The molecule has 3 rings (SSSR count). The van der Waals surface area contributed by atoms with Crippen molar-refractivity contribution >= 4 is 5.71 Å². The van der Waals surface area contributed by atoms with Gasteiger partial charge < -0.3 is 14.7 Å². The monoisotopic (exact) mass is 309 g/mol. The molecule has 1 N–H and O–H groups in total. The number of ether oxygens (including phenoxy) is 1. The van der Waals surface area contributed by atoms with Crippen molar-refractivity contribution in [3.05, 3.63) is 65.7 Å². The third kappa shape index (κ3) is 3.12. The van der Waals surface area contributed by atoms with Crippen molar-refractivity contribution in [1.29, 1.82) is 0 Å². The lowest BCUT2D eigenvalue weighted by molar-refractivity contribution is 0.214. The van der Waals surface area contributed by atoms with Crippen molar-refractivity contribution < 1.29 is 14.7 Å². The zero-order chi connectivity index (χ0) is 16.1. The molecule has 0 aromatic heterocycles. The molecule has 4 nitrogen and oxygen atoms in total. The third-order valence-electron chi connectivity index (χ3n) is 3.71. The highest BCUT2D eigenvalue weighted by atomic mass is 16.6. The van der Waals surface area contributed by atoms with Crippen LogP contribution in [0.25, 0.3) is 11.1 Å². The molecule has 1 aliphatic rings. The molecular weight excluding hydrogens is 290 g/mol. The first-order valence-electron chi connectivity index (χ1n) is 7.59. The second-order valence-corrected chi connectivity index (χ2v) is 5.17. The molecule has 2 aromatic carbocycles. The first-order chi connectivity index (χ1) is 11.3. The van der Waals surface area contributed by atoms with Crippen molar-refractivity contribution in [3.63, 3.8) is 0 Å². The average molecular weight is 309 g/mol. The fourth-order valence-electron chi connectivity index (χ4n) is 2.71. The topological polar surface area (TPSA) is 51.0 Å². The maximum absolute atomic E-state index is 8.74. The Hall–Kier alpha value is -2.59. The largest absolute Gasteiger partial charge is 0.490 e. The number of fused-ring (bicyclic) bond motifs is 3. The highest BCUT2D eigenvalue weighted by molar-refractivity contribution is 6.24. The van der Waals surface area contributed by atoms with Gasteiger partial charge >= 0.3 is 0 Å². The molecule has 0 amide bonds. The summed E-state index contributed by atoms with van der Waals surface area (Å²) in [5.41, 5.74) is 5.22. The molecule has 0 fully saturated rings. The van der Waals surface area contributed by atoms with Crippen LogP contribution in [0.2, 0.25) is 0 Å². The van der Waals surface area contributed by atoms with Crippen molar-refractivity contribution in [2.45, 2.75) is 6.42 Å². The van der Waals surface area contributed by atoms with Gasteiger partial charge in [-0.2, -0.15) is 0 Å². The molecule has 0 unspecified atom stereocenters. The molecule has 0 saturated heterocycles. The van der Waals surface area contributed by atoms with Crippen molar-refractivity contribution in [2.24, 2.45) is 5.16 Å². The number of rotatable bonds is 6. The van der Waals surface area contributed by atoms with Gasteiger partial charge in [0.15, 0.2) is 0 Å². The van der Waals surface area contributed by atoms with E-state index >= 15 is 0 Å². The highest BCUT2D eigenvalue weighted by Gasteiger charge is 2.25. The summed E-state index contributed by atoms with van der Waals surface area (Å²) in [6.45, 7) is 0.632. The summed E-state index contributed by atoms with van der Waals surface area (Å²) in [5, 5.41) is 12.9. The van der Waals surface area contributed by atoms with Gasteiger partial charge in [-0.25, -0.2) is 0 Å². The highest BCUT2D eigenvalue weighted by Crippen LogP contribution is 2.38. The Balaban J connectivity index is 1.87. The van der Waals surface area contributed by atoms with Gasteiger partial charge in [0.25, 0.3) is 0 Å². The molecule has 0 aliphatic heterocycles. The van der Waals surface area contributed by atoms with E-state index in [1.165, 1.54) is 0 Å². The van der Waals surface area contributed by atoms with Crippen LogP contribution in [0.15, 0.2) is 59.8 Å². The van der Waals surface area contributed by atoms with Gasteiger partial charge in [0.1, 0.15) is 25.2 Å². The van der Waals surface area contributed by atoms with E-state index in [9.17, 15) is 0 Å². The zero-order valence-electron chi connectivity index (χ0n) is 13.0. The second kappa shape index (κ2) is 7.11. The molecule has 0 radical (unpaired) electrons. The Labute approximate surface area is 135 Å². The SMILES string of the molecule is CO/N=C1\c2ccccc2-c2ccc(OC/C=C\CCO)cc21. The molecule has 0 saturated carbocycles. The molecular formula is C19H19NO3. The van der Waals surface area contributed by atoms with Crippen LogP contribution in [0.5, 0.6) is 5.75 Å². The maximum atomic E-state index is 8.74. The number of aliphatic hydroxyl groups is 1. The summed E-state index contributed by atoms with van der Waals surface area (Å²) in [5.74, 6) is 0.786. The number of aliphatic hydroxyl groups excluding tert-OH is 1. The fraction of sp³-hybridized carbons (Fsp3) is 0.211. The van der Waals surface area contributed by atoms with Gasteiger partial charge in [0.05, 0.1) is 0 Å². The van der Waals surface area contributed by atoms with Gasteiger partial charge in [0.2, 0.25) is 0 Å². The molecule has 4 heteroatoms. The van der Waals surface area contributed by atoms with E-state index in [1.807, 2.05) is 42.5 Å². The minimum Gasteiger partial charge on any atom is -0.490 e. The normalized spacial score (nSPS) is 14.1. The Morgan fingerprint density at radius 1 is 1.00 bits per heavy atom. The van der Waals surface area contributed by atoms with E-state index < -0.39 is 0 Å². The number of nitrogens with zero attached hydrogens (tertiary/aromatic N) is 1. The minimum atomic E-state index is 0.157. The maximum Gasteiger partial charge on any atom is 0.120 e. The van der Waals surface area contributed by atoms with Crippen LogP contribution in [-0.2, 0) is 4.84 Å². The average Bonchev–Trinajstić information content (AvgIpc) is 2.89. The minimum absolute atomic E-state index is 0.157. The summed E-state index contributed by atoms with van der Waals surface area (Å²) in [6.07, 6.45) is 4.46. The lowest BCUT2D eigenvalue weighted by Gasteiger charge is -2.06. The van der Waals surface area contributed by atoms with Crippen LogP contribution in [0.3, 0.4) is 0 Å². The number of hydrogen-bond acceptors (Lipinski definition) is 4. The second-order valence-electron chi connectivity index (χ2n) is 5.17. The third-order valence-corrected chi connectivity index (χ3v) is 3.71. The predicted octanol–water partition coefficient (Wildman–Crippen LogP) is 3.38. The van der Waals surface area contributed by atoms with E-state index in [4.69, 9.17) is 14.7 Å². The van der Waals surface area contributed by atoms with Crippen LogP contribution in [0.4, 0.5) is 0 Å². The van der Waals surface area contributed by atoms with Crippen molar-refractivity contribution in [3.8, 4) is 16.9 Å². The van der Waals surface area contributed by atoms with E-state index in [1.54, 1.807) is 7.11 Å². The summed E-state index contributed by atoms with van der Waals surface area (Å²) in [7, 11) is 1.56. The number of oxime groups is 1. The molecule has 0 heterocycles. The van der Waals surface area contributed by atoms with E-state index in [0.29, 0.717) is 13.0 Å². The number of benzene rings is 2. The molecule has 23 heavy (non-hydrogen) atoms. The molecule has 1 aliphatic carbocycles. The van der Waals surface area contributed by atoms with Gasteiger partial charge in [0, 0.05) is 17.7 Å². The van der Waals surface area contributed by atoms with E-state index in [-0.39, 0.29) is 6.61 Å². The summed E-state index contributed by atoms with van der Waals surface area (Å²) >= 11 is 0. The lowest BCUT2D eigenvalue weighted by atomic mass is 10.1. The van der Waals surface area contributed by atoms with E-state index in [0.717, 1.165) is 33.7 Å². The van der Waals surface area contributed by atoms with Crippen LogP contribution >= 0.6 is 0 Å². The van der Waals surface area contributed by atoms with Crippen LogP contribution in [-0.4, -0.2) is 31.1 Å². The van der Waals surface area contributed by atoms with Crippen molar-refractivity contribution in [2.75, 3.05) is 20.3 Å². The van der Waals surface area contributed by atoms with Gasteiger partial charge in [-0.3, -0.25) is 0 Å². The van der Waals surface area contributed by atoms with Gasteiger partial charge in [-0.05, 0) is 35.7 Å². The lowest BCUT2D eigenvalue weighted by Crippen LogP contribution is -2.00. The number of hydrogen-bond donors (Lipinski definition) is 1. The van der Waals surface area contributed by atoms with Crippen LogP contribution in [0, 0.1) is 0 Å². The molecule has 0 bridgehead atoms. The van der Waals surface area contributed by atoms with Crippen LogP contribution in [0.1, 0.15) is 17.5 Å². The quantitative estimate of drug-likeness (QED) is 0.561. The first kappa shape index (κ1) is 15.3. The summed E-state index contributed by atoms with van der Waals surface area (Å²) in [4.78, 5) is 5.02.